The monoisotopic (exact) mass is 324 g/mol. The van der Waals surface area contributed by atoms with E-state index in [1.807, 2.05) is 19.1 Å². The van der Waals surface area contributed by atoms with Crippen molar-refractivity contribution in [2.45, 2.75) is 13.8 Å². The highest BCUT2D eigenvalue weighted by Crippen LogP contribution is 2.29. The van der Waals surface area contributed by atoms with Gasteiger partial charge in [-0.3, -0.25) is 4.40 Å². The fraction of sp³-hybridized carbons (Fsp3) is 0.176. The van der Waals surface area contributed by atoms with Crippen LogP contribution < -0.4 is 0 Å². The van der Waals surface area contributed by atoms with Crippen LogP contribution in [0.25, 0.3) is 5.65 Å². The van der Waals surface area contributed by atoms with E-state index < -0.39 is 5.97 Å². The van der Waals surface area contributed by atoms with Crippen molar-refractivity contribution in [1.82, 2.24) is 9.38 Å². The van der Waals surface area contributed by atoms with Gasteiger partial charge in [-0.15, -0.1) is 10.2 Å². The van der Waals surface area contributed by atoms with Crippen LogP contribution in [0.15, 0.2) is 52.8 Å². The third kappa shape index (κ3) is 2.96. The van der Waals surface area contributed by atoms with Gasteiger partial charge >= 0.3 is 5.97 Å². The number of para-hydroxylation sites is 1. The first-order valence-corrected chi connectivity index (χ1v) is 7.45. The number of hydrogen-bond donors (Lipinski definition) is 1. The molecule has 0 aliphatic rings. The lowest BCUT2D eigenvalue weighted by atomic mass is 10.3. The fourth-order valence-corrected chi connectivity index (χ4v) is 2.22. The molecule has 0 aliphatic heterocycles. The molecule has 24 heavy (non-hydrogen) atoms. The second-order valence-corrected chi connectivity index (χ2v) is 5.13. The van der Waals surface area contributed by atoms with Gasteiger partial charge in [0.05, 0.1) is 6.61 Å². The van der Waals surface area contributed by atoms with Gasteiger partial charge in [0.25, 0.3) is 0 Å². The summed E-state index contributed by atoms with van der Waals surface area (Å²) in [5, 5.41) is 17.9. The van der Waals surface area contributed by atoms with E-state index in [0.29, 0.717) is 11.3 Å². The fourth-order valence-electron chi connectivity index (χ4n) is 2.22. The normalized spacial score (nSPS) is 11.2. The smallest absolute Gasteiger partial charge is 0.360 e. The van der Waals surface area contributed by atoms with Gasteiger partial charge in [-0.05, 0) is 43.7 Å². The largest absolute Gasteiger partial charge is 0.506 e. The van der Waals surface area contributed by atoms with Crippen molar-refractivity contribution in [2.75, 3.05) is 6.61 Å². The average Bonchev–Trinajstić information content (AvgIpc) is 2.92. The van der Waals surface area contributed by atoms with Gasteiger partial charge < -0.3 is 9.84 Å². The number of esters is 1. The van der Waals surface area contributed by atoms with Gasteiger partial charge in [0.1, 0.15) is 17.1 Å². The number of phenolic OH excluding ortho intramolecular Hbond substituents is 1. The van der Waals surface area contributed by atoms with Crippen molar-refractivity contribution in [3.05, 3.63) is 53.9 Å². The minimum Gasteiger partial charge on any atom is -0.506 e. The summed E-state index contributed by atoms with van der Waals surface area (Å²) < 4.78 is 6.69. The Hall–Kier alpha value is -3.22. The summed E-state index contributed by atoms with van der Waals surface area (Å²) in [6, 6.07) is 10.3. The van der Waals surface area contributed by atoms with Crippen molar-refractivity contribution in [3.8, 4) is 5.75 Å². The number of phenols is 1. The van der Waals surface area contributed by atoms with E-state index in [4.69, 9.17) is 4.74 Å². The van der Waals surface area contributed by atoms with E-state index in [0.717, 1.165) is 5.56 Å². The van der Waals surface area contributed by atoms with Gasteiger partial charge in [0.2, 0.25) is 0 Å². The Morgan fingerprint density at radius 3 is 2.83 bits per heavy atom. The lowest BCUT2D eigenvalue weighted by molar-refractivity contribution is 0.0521. The molecule has 0 radical (unpaired) electrons. The van der Waals surface area contributed by atoms with Gasteiger partial charge in [0, 0.05) is 6.20 Å². The van der Waals surface area contributed by atoms with Crippen molar-refractivity contribution in [1.29, 1.82) is 0 Å². The molecule has 3 rings (SSSR count). The Labute approximate surface area is 138 Å². The van der Waals surface area contributed by atoms with E-state index in [1.165, 1.54) is 6.07 Å². The van der Waals surface area contributed by atoms with Crippen LogP contribution in [-0.4, -0.2) is 27.1 Å². The summed E-state index contributed by atoms with van der Waals surface area (Å²) in [5.74, 6) is -0.305. The number of rotatable bonds is 4. The minimum absolute atomic E-state index is 0.00333. The van der Waals surface area contributed by atoms with Crippen LogP contribution in [0, 0.1) is 6.92 Å². The molecule has 1 aromatic carbocycles. The molecular weight excluding hydrogens is 308 g/mol. The molecular formula is C17H16N4O3. The Morgan fingerprint density at radius 1 is 1.29 bits per heavy atom. The number of carbonyl (C=O) groups is 1. The number of imidazole rings is 1. The highest BCUT2D eigenvalue weighted by molar-refractivity contribution is 5.93. The number of azo groups is 1. The maximum absolute atomic E-state index is 12.1. The van der Waals surface area contributed by atoms with E-state index in [1.54, 1.807) is 35.7 Å². The number of aryl methyl sites for hydroxylation is 1. The molecule has 0 spiro atoms. The number of pyridine rings is 1. The first-order valence-electron chi connectivity index (χ1n) is 7.45. The lowest BCUT2D eigenvalue weighted by Gasteiger charge is -2.00. The minimum atomic E-state index is -0.565. The number of aromatic nitrogens is 2. The number of ether oxygens (including phenoxy) is 1. The van der Waals surface area contributed by atoms with E-state index in [2.05, 4.69) is 15.2 Å². The van der Waals surface area contributed by atoms with Crippen molar-refractivity contribution >= 4 is 23.1 Å². The molecule has 2 heterocycles. The van der Waals surface area contributed by atoms with Crippen LogP contribution in [0.4, 0.5) is 11.5 Å². The summed E-state index contributed by atoms with van der Waals surface area (Å²) >= 11 is 0. The van der Waals surface area contributed by atoms with Crippen molar-refractivity contribution < 1.29 is 14.6 Å². The average molecular weight is 324 g/mol. The van der Waals surface area contributed by atoms with Crippen molar-refractivity contribution in [3.63, 3.8) is 0 Å². The SMILES string of the molecule is CCOC(=O)c1nc2cc(C)ccn2c1N=Nc1ccccc1O. The Balaban J connectivity index is 2.12. The Kier molecular flexibility index (Phi) is 4.24. The summed E-state index contributed by atoms with van der Waals surface area (Å²) in [5.41, 5.74) is 1.97. The summed E-state index contributed by atoms with van der Waals surface area (Å²) in [6.07, 6.45) is 1.76. The van der Waals surface area contributed by atoms with Crippen LogP contribution in [0.1, 0.15) is 23.0 Å². The second kappa shape index (κ2) is 6.49. The first-order chi connectivity index (χ1) is 11.6. The first kappa shape index (κ1) is 15.7. The van der Waals surface area contributed by atoms with Crippen LogP contribution >= 0.6 is 0 Å². The second-order valence-electron chi connectivity index (χ2n) is 5.13. The molecule has 0 saturated carbocycles. The predicted molar refractivity (Wildman–Crippen MR) is 88.2 cm³/mol. The molecule has 7 nitrogen and oxygen atoms in total. The molecule has 0 unspecified atom stereocenters. The number of aromatic hydroxyl groups is 1. The van der Waals surface area contributed by atoms with E-state index in [9.17, 15) is 9.90 Å². The maximum Gasteiger partial charge on any atom is 0.360 e. The zero-order chi connectivity index (χ0) is 17.1. The Morgan fingerprint density at radius 2 is 2.08 bits per heavy atom. The molecule has 0 bridgehead atoms. The van der Waals surface area contributed by atoms with Crippen LogP contribution in [0.5, 0.6) is 5.75 Å². The molecule has 7 heteroatoms. The van der Waals surface area contributed by atoms with Gasteiger partial charge in [-0.25, -0.2) is 9.78 Å². The quantitative estimate of drug-likeness (QED) is 0.581. The zero-order valence-corrected chi connectivity index (χ0v) is 13.3. The molecule has 122 valence electrons. The predicted octanol–water partition coefficient (Wildman–Crippen LogP) is 3.94. The maximum atomic E-state index is 12.1. The van der Waals surface area contributed by atoms with E-state index >= 15 is 0 Å². The summed E-state index contributed by atoms with van der Waals surface area (Å²) in [4.78, 5) is 16.4. The third-order valence-corrected chi connectivity index (χ3v) is 3.36. The van der Waals surface area contributed by atoms with Gasteiger partial charge in [-0.2, -0.15) is 0 Å². The highest BCUT2D eigenvalue weighted by atomic mass is 16.5. The topological polar surface area (TPSA) is 88.5 Å². The van der Waals surface area contributed by atoms with Crippen LogP contribution in [0.3, 0.4) is 0 Å². The number of carbonyl (C=O) groups excluding carboxylic acids is 1. The Bertz CT molecular complexity index is 931. The molecule has 0 amide bonds. The highest BCUT2D eigenvalue weighted by Gasteiger charge is 2.20. The summed E-state index contributed by atoms with van der Waals surface area (Å²) in [6.45, 7) is 3.89. The number of fused-ring (bicyclic) bond motifs is 1. The van der Waals surface area contributed by atoms with Crippen LogP contribution in [-0.2, 0) is 4.74 Å². The van der Waals surface area contributed by atoms with Crippen molar-refractivity contribution in [2.24, 2.45) is 10.2 Å². The molecule has 0 fully saturated rings. The molecule has 3 aromatic rings. The number of benzene rings is 1. The summed E-state index contributed by atoms with van der Waals surface area (Å²) in [7, 11) is 0. The van der Waals surface area contributed by atoms with Gasteiger partial charge in [0.15, 0.2) is 11.5 Å². The van der Waals surface area contributed by atoms with Crippen LogP contribution in [0.2, 0.25) is 0 Å². The number of nitrogens with zero attached hydrogens (tertiary/aromatic N) is 4. The van der Waals surface area contributed by atoms with E-state index in [-0.39, 0.29) is 23.9 Å². The molecule has 0 aliphatic carbocycles. The zero-order valence-electron chi connectivity index (χ0n) is 13.3. The molecule has 2 aromatic heterocycles. The standard InChI is InChI=1S/C17H16N4O3/c1-3-24-17(23)15-16(20-19-12-6-4-5-7-13(12)22)21-9-8-11(2)10-14(21)18-15/h4-10,22H,3H2,1-2H3. The third-order valence-electron chi connectivity index (χ3n) is 3.36. The molecule has 0 saturated heterocycles. The lowest BCUT2D eigenvalue weighted by Crippen LogP contribution is -2.05. The van der Waals surface area contributed by atoms with Gasteiger partial charge in [-0.1, -0.05) is 12.1 Å². The molecule has 1 N–H and O–H groups in total. The number of hydrogen-bond acceptors (Lipinski definition) is 6. The molecule has 0 atom stereocenters.